The van der Waals surface area contributed by atoms with E-state index in [0.29, 0.717) is 0 Å². The first-order valence-corrected chi connectivity index (χ1v) is 10.2. The molecule has 10 heteroatoms. The van der Waals surface area contributed by atoms with Crippen molar-refractivity contribution in [1.82, 2.24) is 10.6 Å². The van der Waals surface area contributed by atoms with Gasteiger partial charge in [0.15, 0.2) is 12.2 Å². The summed E-state index contributed by atoms with van der Waals surface area (Å²) in [7, 11) is 0. The summed E-state index contributed by atoms with van der Waals surface area (Å²) in [5.41, 5.74) is 0. The van der Waals surface area contributed by atoms with Crippen LogP contribution in [0.15, 0.2) is 0 Å². The standard InChI is InChI=1S/C20H32N2O8/c1-9(2)15(21-11(5)23)19(25)29-13-7-27-18-14(8-28-17(13)18)30-20(26)16(10(3)4)22-12(6)24/h9-10,13-18H,7-8H2,1-6H3,(H,21,23)(H,22,24). The maximum absolute atomic E-state index is 12.5. The SMILES string of the molecule is CC(=O)NC(C(=O)OC1COC2C(OC(=O)C(NC(C)=O)C(C)C)COC12)C(C)C. The van der Waals surface area contributed by atoms with Crippen molar-refractivity contribution in [2.24, 2.45) is 11.8 Å². The van der Waals surface area contributed by atoms with Gasteiger partial charge in [0.25, 0.3) is 0 Å². The van der Waals surface area contributed by atoms with Crippen LogP contribution < -0.4 is 10.6 Å². The van der Waals surface area contributed by atoms with Crippen molar-refractivity contribution in [2.45, 2.75) is 78.0 Å². The summed E-state index contributed by atoms with van der Waals surface area (Å²) in [5, 5.41) is 5.17. The highest BCUT2D eigenvalue weighted by molar-refractivity contribution is 5.84. The summed E-state index contributed by atoms with van der Waals surface area (Å²) in [6, 6.07) is -1.55. The van der Waals surface area contributed by atoms with E-state index in [-0.39, 0.29) is 36.9 Å². The molecule has 2 heterocycles. The van der Waals surface area contributed by atoms with Gasteiger partial charge in [0, 0.05) is 13.8 Å². The van der Waals surface area contributed by atoms with Crippen LogP contribution in [-0.4, -0.2) is 73.5 Å². The summed E-state index contributed by atoms with van der Waals surface area (Å²) in [4.78, 5) is 47.7. The minimum absolute atomic E-state index is 0.0965. The van der Waals surface area contributed by atoms with Crippen molar-refractivity contribution in [2.75, 3.05) is 13.2 Å². The molecule has 0 saturated carbocycles. The average Bonchev–Trinajstić information content (AvgIpc) is 3.20. The van der Waals surface area contributed by atoms with Gasteiger partial charge in [0.1, 0.15) is 24.3 Å². The largest absolute Gasteiger partial charge is 0.455 e. The number of carbonyl (C=O) groups is 4. The van der Waals surface area contributed by atoms with Gasteiger partial charge in [-0.2, -0.15) is 0 Å². The van der Waals surface area contributed by atoms with E-state index >= 15 is 0 Å². The van der Waals surface area contributed by atoms with Crippen LogP contribution >= 0.6 is 0 Å². The van der Waals surface area contributed by atoms with E-state index in [4.69, 9.17) is 18.9 Å². The number of carbonyl (C=O) groups excluding carboxylic acids is 4. The van der Waals surface area contributed by atoms with E-state index in [0.717, 1.165) is 0 Å². The van der Waals surface area contributed by atoms with Gasteiger partial charge in [-0.05, 0) is 11.8 Å². The third-order valence-electron chi connectivity index (χ3n) is 5.06. The first-order chi connectivity index (χ1) is 14.0. The Kier molecular flexibility index (Phi) is 8.19. The molecule has 2 aliphatic heterocycles. The summed E-state index contributed by atoms with van der Waals surface area (Å²) >= 11 is 0. The van der Waals surface area contributed by atoms with E-state index in [9.17, 15) is 19.2 Å². The van der Waals surface area contributed by atoms with Crippen LogP contribution in [0.1, 0.15) is 41.5 Å². The van der Waals surface area contributed by atoms with Crippen LogP contribution in [0.4, 0.5) is 0 Å². The van der Waals surface area contributed by atoms with Gasteiger partial charge in [-0.1, -0.05) is 27.7 Å². The number of amides is 2. The molecule has 0 aromatic heterocycles. The molecule has 0 aromatic rings. The van der Waals surface area contributed by atoms with Crippen LogP contribution in [0.25, 0.3) is 0 Å². The average molecular weight is 428 g/mol. The van der Waals surface area contributed by atoms with Crippen LogP contribution in [0.3, 0.4) is 0 Å². The molecule has 30 heavy (non-hydrogen) atoms. The highest BCUT2D eigenvalue weighted by Gasteiger charge is 2.52. The summed E-state index contributed by atoms with van der Waals surface area (Å²) < 4.78 is 22.5. The summed E-state index contributed by atoms with van der Waals surface area (Å²) in [5.74, 6) is -2.09. The lowest BCUT2D eigenvalue weighted by atomic mass is 10.0. The second kappa shape index (κ2) is 10.2. The monoisotopic (exact) mass is 428 g/mol. The maximum atomic E-state index is 12.5. The molecule has 2 rings (SSSR count). The molecule has 2 N–H and O–H groups in total. The minimum atomic E-state index is -0.777. The first kappa shape index (κ1) is 24.1. The van der Waals surface area contributed by atoms with Gasteiger partial charge in [0.2, 0.25) is 11.8 Å². The molecule has 6 unspecified atom stereocenters. The lowest BCUT2D eigenvalue weighted by molar-refractivity contribution is -0.160. The molecule has 2 fully saturated rings. The van der Waals surface area contributed by atoms with Gasteiger partial charge < -0.3 is 29.6 Å². The number of nitrogens with one attached hydrogen (secondary N) is 2. The summed E-state index contributed by atoms with van der Waals surface area (Å²) in [6.07, 6.45) is -2.49. The fraction of sp³-hybridized carbons (Fsp3) is 0.800. The molecular weight excluding hydrogens is 396 g/mol. The second-order valence-electron chi connectivity index (χ2n) is 8.39. The Morgan fingerprint density at radius 2 is 1.07 bits per heavy atom. The minimum Gasteiger partial charge on any atom is -0.455 e. The van der Waals surface area contributed by atoms with Gasteiger partial charge in [-0.15, -0.1) is 0 Å². The van der Waals surface area contributed by atoms with Crippen molar-refractivity contribution in [3.05, 3.63) is 0 Å². The smallest absolute Gasteiger partial charge is 0.329 e. The van der Waals surface area contributed by atoms with Gasteiger partial charge in [-0.3, -0.25) is 9.59 Å². The Morgan fingerprint density at radius 1 is 0.733 bits per heavy atom. The fourth-order valence-corrected chi connectivity index (χ4v) is 3.51. The third-order valence-corrected chi connectivity index (χ3v) is 5.06. The summed E-state index contributed by atoms with van der Waals surface area (Å²) in [6.45, 7) is 10.1. The van der Waals surface area contributed by atoms with Crippen molar-refractivity contribution in [3.8, 4) is 0 Å². The molecule has 0 aliphatic carbocycles. The molecule has 10 nitrogen and oxygen atoms in total. The number of hydrogen-bond acceptors (Lipinski definition) is 8. The second-order valence-corrected chi connectivity index (χ2v) is 8.39. The molecular formula is C20H32N2O8. The Bertz CT molecular complexity index is 609. The Labute approximate surface area is 176 Å². The highest BCUT2D eigenvalue weighted by Crippen LogP contribution is 2.31. The van der Waals surface area contributed by atoms with Crippen LogP contribution in [0.2, 0.25) is 0 Å². The highest BCUT2D eigenvalue weighted by atomic mass is 16.7. The van der Waals surface area contributed by atoms with Crippen LogP contribution in [-0.2, 0) is 38.1 Å². The lowest BCUT2D eigenvalue weighted by Gasteiger charge is -2.24. The molecule has 2 amide bonds. The number of fused-ring (bicyclic) bond motifs is 1. The molecule has 0 spiro atoms. The number of rotatable bonds is 8. The van der Waals surface area contributed by atoms with Gasteiger partial charge >= 0.3 is 11.9 Å². The van der Waals surface area contributed by atoms with E-state index in [1.54, 1.807) is 27.7 Å². The predicted octanol–water partition coefficient (Wildman–Crippen LogP) is -0.0710. The zero-order valence-corrected chi connectivity index (χ0v) is 18.3. The number of esters is 2. The van der Waals surface area contributed by atoms with Crippen molar-refractivity contribution in [3.63, 3.8) is 0 Å². The van der Waals surface area contributed by atoms with Crippen LogP contribution in [0.5, 0.6) is 0 Å². The zero-order valence-electron chi connectivity index (χ0n) is 18.3. The fourth-order valence-electron chi connectivity index (χ4n) is 3.51. The van der Waals surface area contributed by atoms with Crippen molar-refractivity contribution in [1.29, 1.82) is 0 Å². The lowest BCUT2D eigenvalue weighted by Crippen LogP contribution is -2.47. The van der Waals surface area contributed by atoms with E-state index in [2.05, 4.69) is 10.6 Å². The molecule has 2 saturated heterocycles. The molecule has 0 aromatic carbocycles. The topological polar surface area (TPSA) is 129 Å². The number of hydrogen-bond donors (Lipinski definition) is 2. The van der Waals surface area contributed by atoms with E-state index < -0.39 is 48.4 Å². The molecule has 6 atom stereocenters. The van der Waals surface area contributed by atoms with Gasteiger partial charge in [-0.25, -0.2) is 9.59 Å². The quantitative estimate of drug-likeness (QED) is 0.514. The Hall–Kier alpha value is -2.20. The maximum Gasteiger partial charge on any atom is 0.329 e. The molecule has 2 aliphatic rings. The zero-order chi connectivity index (χ0) is 22.6. The number of ether oxygens (including phenoxy) is 4. The van der Waals surface area contributed by atoms with E-state index in [1.165, 1.54) is 13.8 Å². The van der Waals surface area contributed by atoms with Crippen LogP contribution in [0, 0.1) is 11.8 Å². The van der Waals surface area contributed by atoms with Crippen molar-refractivity contribution >= 4 is 23.8 Å². The normalized spacial score (nSPS) is 27.3. The van der Waals surface area contributed by atoms with E-state index in [1.807, 2.05) is 0 Å². The van der Waals surface area contributed by atoms with Gasteiger partial charge in [0.05, 0.1) is 13.2 Å². The molecule has 0 bridgehead atoms. The predicted molar refractivity (Wildman–Crippen MR) is 104 cm³/mol. The third kappa shape index (κ3) is 5.91. The molecule has 170 valence electrons. The Morgan fingerprint density at radius 3 is 1.33 bits per heavy atom. The van der Waals surface area contributed by atoms with Crippen molar-refractivity contribution < 1.29 is 38.1 Å². The Balaban J connectivity index is 1.96. The molecule has 0 radical (unpaired) electrons. The first-order valence-electron chi connectivity index (χ1n) is 10.2.